The molecule has 0 bridgehead atoms. The van der Waals surface area contributed by atoms with E-state index in [0.29, 0.717) is 10.8 Å². The Hall–Kier alpha value is -1.79. The lowest BCUT2D eigenvalue weighted by atomic mass is 9.89. The van der Waals surface area contributed by atoms with Crippen molar-refractivity contribution in [2.45, 2.75) is 42.2 Å². The zero-order valence-electron chi connectivity index (χ0n) is 14.4. The highest BCUT2D eigenvalue weighted by Crippen LogP contribution is 2.30. The van der Waals surface area contributed by atoms with Crippen LogP contribution in [0.5, 0.6) is 0 Å². The molecule has 1 heterocycles. The van der Waals surface area contributed by atoms with E-state index in [-0.39, 0.29) is 23.3 Å². The van der Waals surface area contributed by atoms with Crippen LogP contribution in [-0.2, 0) is 14.6 Å². The molecule has 1 aromatic heterocycles. The maximum atomic E-state index is 13.1. The molecule has 140 valence electrons. The van der Waals surface area contributed by atoms with Gasteiger partial charge in [-0.15, -0.1) is 0 Å². The molecule has 0 saturated heterocycles. The third-order valence-corrected chi connectivity index (χ3v) is 7.14. The minimum absolute atomic E-state index is 0.0200. The maximum Gasteiger partial charge on any atom is 0.223 e. The molecule has 1 N–H and O–H groups in total. The van der Waals surface area contributed by atoms with Gasteiger partial charge in [-0.25, -0.2) is 8.42 Å². The van der Waals surface area contributed by atoms with Gasteiger partial charge in [-0.2, -0.15) is 0 Å². The number of carbonyl (C=O) groups excluding carboxylic acids is 1. The largest absolute Gasteiger partial charge is 0.468 e. The molecule has 0 aliphatic heterocycles. The van der Waals surface area contributed by atoms with Crippen LogP contribution in [0.1, 0.15) is 43.1 Å². The zero-order chi connectivity index (χ0) is 18.6. The van der Waals surface area contributed by atoms with Crippen molar-refractivity contribution in [3.05, 3.63) is 53.4 Å². The number of nitrogens with one attached hydrogen (secondary N) is 1. The summed E-state index contributed by atoms with van der Waals surface area (Å²) in [6.45, 7) is -0.0200. The topological polar surface area (TPSA) is 76.4 Å². The molecule has 26 heavy (non-hydrogen) atoms. The second-order valence-electron chi connectivity index (χ2n) is 6.58. The lowest BCUT2D eigenvalue weighted by Gasteiger charge is -2.22. The van der Waals surface area contributed by atoms with Gasteiger partial charge in [0.15, 0.2) is 9.84 Å². The lowest BCUT2D eigenvalue weighted by Crippen LogP contribution is -2.36. The standard InChI is InChI=1S/C19H22ClNO4S/c20-15-8-10-16(11-9-15)26(23,24)18(17-7-4-12-25-17)13-21-19(22)14-5-2-1-3-6-14/h4,7-12,14,18H,1-3,5-6,13H2,(H,21,22)/t18-/m1/s1. The van der Waals surface area contributed by atoms with Gasteiger partial charge in [-0.1, -0.05) is 30.9 Å². The van der Waals surface area contributed by atoms with Gasteiger partial charge in [0.25, 0.3) is 0 Å². The monoisotopic (exact) mass is 395 g/mol. The molecule has 1 amide bonds. The fourth-order valence-electron chi connectivity index (χ4n) is 3.33. The number of carbonyl (C=O) groups is 1. The number of hydrogen-bond acceptors (Lipinski definition) is 4. The maximum absolute atomic E-state index is 13.1. The van der Waals surface area contributed by atoms with E-state index in [2.05, 4.69) is 5.32 Å². The summed E-state index contributed by atoms with van der Waals surface area (Å²) in [5, 5.41) is 2.31. The molecule has 0 unspecified atom stereocenters. The highest BCUT2D eigenvalue weighted by molar-refractivity contribution is 7.91. The van der Waals surface area contributed by atoms with E-state index in [1.807, 2.05) is 0 Å². The fourth-order valence-corrected chi connectivity index (χ4v) is 5.04. The zero-order valence-corrected chi connectivity index (χ0v) is 15.9. The van der Waals surface area contributed by atoms with E-state index in [4.69, 9.17) is 16.0 Å². The van der Waals surface area contributed by atoms with E-state index in [9.17, 15) is 13.2 Å². The number of sulfone groups is 1. The summed E-state index contributed by atoms with van der Waals surface area (Å²) in [7, 11) is -3.73. The van der Waals surface area contributed by atoms with Gasteiger partial charge >= 0.3 is 0 Å². The Morgan fingerprint density at radius 2 is 1.85 bits per heavy atom. The van der Waals surface area contributed by atoms with Crippen LogP contribution in [0.2, 0.25) is 5.02 Å². The molecule has 0 spiro atoms. The first-order chi connectivity index (χ1) is 12.5. The molecule has 1 aliphatic carbocycles. The number of hydrogen-bond donors (Lipinski definition) is 1. The Morgan fingerprint density at radius 1 is 1.15 bits per heavy atom. The van der Waals surface area contributed by atoms with Gasteiger partial charge < -0.3 is 9.73 Å². The Kier molecular flexibility index (Phi) is 6.04. The highest BCUT2D eigenvalue weighted by Gasteiger charge is 2.32. The third-order valence-electron chi connectivity index (χ3n) is 4.81. The molecule has 1 aromatic carbocycles. The van der Waals surface area contributed by atoms with Crippen molar-refractivity contribution in [2.24, 2.45) is 5.92 Å². The van der Waals surface area contributed by atoms with E-state index < -0.39 is 15.1 Å². The Labute approximate surface area is 158 Å². The third kappa shape index (κ3) is 4.30. The molecule has 1 aliphatic rings. The predicted octanol–water partition coefficient (Wildman–Crippen LogP) is 4.14. The molecular formula is C19H22ClNO4S. The van der Waals surface area contributed by atoms with Crippen LogP contribution in [0.25, 0.3) is 0 Å². The van der Waals surface area contributed by atoms with Crippen LogP contribution in [0.4, 0.5) is 0 Å². The summed E-state index contributed by atoms with van der Waals surface area (Å²) in [5.41, 5.74) is 0. The Balaban J connectivity index is 1.79. The SMILES string of the molecule is O=C(NC[C@H](c1ccco1)S(=O)(=O)c1ccc(Cl)cc1)C1CCCCC1. The molecule has 1 atom stereocenters. The first-order valence-corrected chi connectivity index (χ1v) is 10.7. The highest BCUT2D eigenvalue weighted by atomic mass is 35.5. The van der Waals surface area contributed by atoms with E-state index in [1.54, 1.807) is 12.1 Å². The molecule has 5 nitrogen and oxygen atoms in total. The second kappa shape index (κ2) is 8.27. The summed E-state index contributed by atoms with van der Waals surface area (Å²) in [4.78, 5) is 12.6. The van der Waals surface area contributed by atoms with Crippen molar-refractivity contribution >= 4 is 27.3 Å². The first kappa shape index (κ1) is 19.0. The van der Waals surface area contributed by atoms with Crippen LogP contribution in [-0.4, -0.2) is 20.9 Å². The quantitative estimate of drug-likeness (QED) is 0.797. The summed E-state index contributed by atoms with van der Waals surface area (Å²) in [6.07, 6.45) is 6.40. The number of amides is 1. The minimum atomic E-state index is -3.73. The van der Waals surface area contributed by atoms with Crippen LogP contribution < -0.4 is 5.32 Å². The van der Waals surface area contributed by atoms with E-state index in [1.165, 1.54) is 30.5 Å². The van der Waals surface area contributed by atoms with Crippen molar-refractivity contribution in [1.82, 2.24) is 5.32 Å². The predicted molar refractivity (Wildman–Crippen MR) is 99.7 cm³/mol. The number of furan rings is 1. The molecule has 1 saturated carbocycles. The van der Waals surface area contributed by atoms with Crippen molar-refractivity contribution in [3.8, 4) is 0 Å². The molecule has 3 rings (SSSR count). The average Bonchev–Trinajstić information content (AvgIpc) is 3.17. The van der Waals surface area contributed by atoms with E-state index >= 15 is 0 Å². The second-order valence-corrected chi connectivity index (χ2v) is 9.15. The lowest BCUT2D eigenvalue weighted by molar-refractivity contribution is -0.125. The van der Waals surface area contributed by atoms with Crippen LogP contribution in [0, 0.1) is 5.92 Å². The Morgan fingerprint density at radius 3 is 2.46 bits per heavy atom. The van der Waals surface area contributed by atoms with Gasteiger partial charge in [0.1, 0.15) is 11.0 Å². The summed E-state index contributed by atoms with van der Waals surface area (Å²) >= 11 is 5.86. The van der Waals surface area contributed by atoms with Crippen molar-refractivity contribution in [2.75, 3.05) is 6.54 Å². The van der Waals surface area contributed by atoms with E-state index in [0.717, 1.165) is 32.1 Å². The smallest absolute Gasteiger partial charge is 0.223 e. The van der Waals surface area contributed by atoms with Gasteiger partial charge in [0, 0.05) is 17.5 Å². The van der Waals surface area contributed by atoms with Crippen molar-refractivity contribution < 1.29 is 17.6 Å². The van der Waals surface area contributed by atoms with Gasteiger partial charge in [0.2, 0.25) is 5.91 Å². The van der Waals surface area contributed by atoms with Gasteiger partial charge in [-0.05, 0) is 49.2 Å². The van der Waals surface area contributed by atoms with Gasteiger partial charge in [0.05, 0.1) is 11.2 Å². The Bertz CT molecular complexity index is 825. The fraction of sp³-hybridized carbons (Fsp3) is 0.421. The molecule has 2 aromatic rings. The van der Waals surface area contributed by atoms with Crippen molar-refractivity contribution in [1.29, 1.82) is 0 Å². The summed E-state index contributed by atoms with van der Waals surface area (Å²) in [6, 6.07) is 9.27. The minimum Gasteiger partial charge on any atom is -0.468 e. The summed E-state index contributed by atoms with van der Waals surface area (Å²) in [5.74, 6) is 0.204. The average molecular weight is 396 g/mol. The molecule has 0 radical (unpaired) electrons. The van der Waals surface area contributed by atoms with Crippen LogP contribution in [0.3, 0.4) is 0 Å². The molecule has 1 fully saturated rings. The number of halogens is 1. The number of benzene rings is 1. The summed E-state index contributed by atoms with van der Waals surface area (Å²) < 4.78 is 31.5. The normalized spacial score (nSPS) is 17.0. The molecular weight excluding hydrogens is 374 g/mol. The van der Waals surface area contributed by atoms with Crippen molar-refractivity contribution in [3.63, 3.8) is 0 Å². The van der Waals surface area contributed by atoms with Crippen LogP contribution in [0.15, 0.2) is 52.0 Å². The van der Waals surface area contributed by atoms with Crippen LogP contribution >= 0.6 is 11.6 Å². The first-order valence-electron chi connectivity index (χ1n) is 8.79. The number of rotatable bonds is 6. The van der Waals surface area contributed by atoms with Gasteiger partial charge in [-0.3, -0.25) is 4.79 Å². The molecule has 7 heteroatoms.